The summed E-state index contributed by atoms with van der Waals surface area (Å²) in [6, 6.07) is 6.70. The molecule has 2 unspecified atom stereocenters. The maximum atomic E-state index is 12.9. The molecule has 0 saturated carbocycles. The molecule has 0 spiro atoms. The normalized spacial score (nSPS) is 13.9. The number of carbonyl (C=O) groups is 1. The lowest BCUT2D eigenvalue weighted by atomic mass is 9.93. The van der Waals surface area contributed by atoms with Gasteiger partial charge in [0.2, 0.25) is 0 Å². The zero-order chi connectivity index (χ0) is 24.3. The summed E-state index contributed by atoms with van der Waals surface area (Å²) in [5.74, 6) is 0.227. The second-order valence-corrected chi connectivity index (χ2v) is 9.13. The minimum Gasteiger partial charge on any atom is -0.382 e. The Kier molecular flexibility index (Phi) is 11.8. The molecule has 32 heavy (non-hydrogen) atoms. The van der Waals surface area contributed by atoms with E-state index in [0.29, 0.717) is 11.5 Å². The number of allylic oxidation sites excluding steroid dienone is 3. The third-order valence-corrected chi connectivity index (χ3v) is 5.76. The molecule has 0 heterocycles. The van der Waals surface area contributed by atoms with Gasteiger partial charge in [0.15, 0.2) is 0 Å². The first kappa shape index (κ1) is 27.5. The van der Waals surface area contributed by atoms with E-state index in [9.17, 15) is 4.79 Å². The number of amides is 1. The summed E-state index contributed by atoms with van der Waals surface area (Å²) in [5, 5.41) is 6.68. The molecule has 0 aliphatic rings. The van der Waals surface area contributed by atoms with Crippen LogP contribution in [0.5, 0.6) is 0 Å². The highest BCUT2D eigenvalue weighted by Crippen LogP contribution is 2.26. The van der Waals surface area contributed by atoms with Crippen molar-refractivity contribution in [3.63, 3.8) is 0 Å². The van der Waals surface area contributed by atoms with Crippen molar-refractivity contribution in [3.8, 4) is 0 Å². The first-order valence-electron chi connectivity index (χ1n) is 12.0. The van der Waals surface area contributed by atoms with Crippen molar-refractivity contribution in [3.05, 3.63) is 83.6 Å². The van der Waals surface area contributed by atoms with Crippen LogP contribution in [0.1, 0.15) is 95.5 Å². The SMILES string of the molecule is C=C(C)CC(C)C=CC(=C)C(=O)N[C@@H](CCCC)c1ccc(C(C)NC(=C)CC)cc1C. The average Bonchev–Trinajstić information content (AvgIpc) is 2.74. The summed E-state index contributed by atoms with van der Waals surface area (Å²) < 4.78 is 0. The fourth-order valence-electron chi connectivity index (χ4n) is 3.79. The van der Waals surface area contributed by atoms with Gasteiger partial charge in [-0.15, -0.1) is 6.58 Å². The molecular weight excluding hydrogens is 392 g/mol. The van der Waals surface area contributed by atoms with Crippen LogP contribution in [0.3, 0.4) is 0 Å². The van der Waals surface area contributed by atoms with Crippen molar-refractivity contribution in [2.75, 3.05) is 0 Å². The molecule has 1 aromatic rings. The van der Waals surface area contributed by atoms with Crippen LogP contribution in [-0.2, 0) is 4.79 Å². The largest absolute Gasteiger partial charge is 0.382 e. The van der Waals surface area contributed by atoms with Crippen molar-refractivity contribution in [2.24, 2.45) is 5.92 Å². The van der Waals surface area contributed by atoms with Crippen LogP contribution in [0.2, 0.25) is 0 Å². The monoisotopic (exact) mass is 436 g/mol. The third kappa shape index (κ3) is 9.30. The molecule has 0 aromatic heterocycles. The summed E-state index contributed by atoms with van der Waals surface area (Å²) in [6.45, 7) is 24.7. The minimum absolute atomic E-state index is 0.0247. The molecule has 3 heteroatoms. The van der Waals surface area contributed by atoms with Crippen LogP contribution in [0, 0.1) is 12.8 Å². The number of hydrogen-bond acceptors (Lipinski definition) is 2. The molecule has 0 radical (unpaired) electrons. The van der Waals surface area contributed by atoms with Gasteiger partial charge >= 0.3 is 0 Å². The molecule has 0 bridgehead atoms. The predicted molar refractivity (Wildman–Crippen MR) is 139 cm³/mol. The maximum Gasteiger partial charge on any atom is 0.251 e. The number of carbonyl (C=O) groups excluding carboxylic acids is 1. The standard InChI is InChI=1S/C29H44N2O/c1-10-12-13-28(31-29(32)22(6)15-14-21(5)18-20(3)4)27-17-16-26(19-23(27)7)25(9)30-24(8)11-2/h14-17,19,21,25,28,30H,3,6,8,10-13,18H2,1-2,4-5,7,9H3,(H,31,32)/t21?,25?,28-/m0/s1. The summed E-state index contributed by atoms with van der Waals surface area (Å²) in [5.41, 5.74) is 6.25. The Morgan fingerprint density at radius 1 is 1.12 bits per heavy atom. The first-order chi connectivity index (χ1) is 15.1. The topological polar surface area (TPSA) is 41.1 Å². The summed E-state index contributed by atoms with van der Waals surface area (Å²) in [7, 11) is 0. The van der Waals surface area contributed by atoms with Crippen LogP contribution in [0.4, 0.5) is 0 Å². The molecule has 1 aromatic carbocycles. The summed E-state index contributed by atoms with van der Waals surface area (Å²) in [6.07, 6.45) is 8.75. The summed E-state index contributed by atoms with van der Waals surface area (Å²) >= 11 is 0. The van der Waals surface area contributed by atoms with Crippen LogP contribution in [0.15, 0.2) is 66.9 Å². The van der Waals surface area contributed by atoms with Gasteiger partial charge in [-0.05, 0) is 62.6 Å². The van der Waals surface area contributed by atoms with Gasteiger partial charge in [-0.25, -0.2) is 0 Å². The highest BCUT2D eigenvalue weighted by atomic mass is 16.1. The lowest BCUT2D eigenvalue weighted by Gasteiger charge is -2.23. The van der Waals surface area contributed by atoms with Gasteiger partial charge in [-0.3, -0.25) is 4.79 Å². The lowest BCUT2D eigenvalue weighted by Crippen LogP contribution is -2.29. The molecule has 0 aliphatic heterocycles. The Morgan fingerprint density at radius 2 is 1.81 bits per heavy atom. The molecule has 176 valence electrons. The maximum absolute atomic E-state index is 12.9. The summed E-state index contributed by atoms with van der Waals surface area (Å²) in [4.78, 5) is 12.9. The van der Waals surface area contributed by atoms with E-state index in [2.05, 4.69) is 83.2 Å². The van der Waals surface area contributed by atoms with Gasteiger partial charge < -0.3 is 10.6 Å². The number of unbranched alkanes of at least 4 members (excludes halogenated alkanes) is 1. The molecule has 1 rings (SSSR count). The van der Waals surface area contributed by atoms with Crippen molar-refractivity contribution < 1.29 is 4.79 Å². The van der Waals surface area contributed by atoms with Gasteiger partial charge in [-0.2, -0.15) is 0 Å². The van der Waals surface area contributed by atoms with E-state index in [1.165, 1.54) is 16.7 Å². The quantitative estimate of drug-likeness (QED) is 0.179. The molecule has 3 nitrogen and oxygen atoms in total. The Hall–Kier alpha value is -2.55. The zero-order valence-corrected chi connectivity index (χ0v) is 21.2. The average molecular weight is 437 g/mol. The van der Waals surface area contributed by atoms with Crippen LogP contribution in [0.25, 0.3) is 0 Å². The van der Waals surface area contributed by atoms with Crippen molar-refractivity contribution in [1.82, 2.24) is 10.6 Å². The van der Waals surface area contributed by atoms with Crippen LogP contribution < -0.4 is 10.6 Å². The number of rotatable bonds is 14. The van der Waals surface area contributed by atoms with Crippen molar-refractivity contribution in [2.45, 2.75) is 85.7 Å². The molecule has 0 fully saturated rings. The molecule has 1 amide bonds. The van der Waals surface area contributed by atoms with Gasteiger partial charge in [0.25, 0.3) is 5.91 Å². The number of aryl methyl sites for hydroxylation is 1. The molecular formula is C29H44N2O. The van der Waals surface area contributed by atoms with E-state index in [4.69, 9.17) is 0 Å². The Labute approximate surface area is 196 Å². The molecule has 0 saturated heterocycles. The smallest absolute Gasteiger partial charge is 0.251 e. The van der Waals surface area contributed by atoms with E-state index in [1.807, 2.05) is 19.1 Å². The fourth-order valence-corrected chi connectivity index (χ4v) is 3.79. The lowest BCUT2D eigenvalue weighted by molar-refractivity contribution is -0.117. The van der Waals surface area contributed by atoms with Gasteiger partial charge in [0.1, 0.15) is 0 Å². The Morgan fingerprint density at radius 3 is 2.38 bits per heavy atom. The predicted octanol–water partition coefficient (Wildman–Crippen LogP) is 7.63. The fraction of sp³-hybridized carbons (Fsp3) is 0.483. The van der Waals surface area contributed by atoms with E-state index in [-0.39, 0.29) is 18.0 Å². The second-order valence-electron chi connectivity index (χ2n) is 9.13. The number of hydrogen-bond donors (Lipinski definition) is 2. The van der Waals surface area contributed by atoms with E-state index >= 15 is 0 Å². The van der Waals surface area contributed by atoms with Gasteiger partial charge in [-0.1, -0.05) is 82.7 Å². The van der Waals surface area contributed by atoms with Crippen molar-refractivity contribution in [1.29, 1.82) is 0 Å². The number of nitrogens with one attached hydrogen (secondary N) is 2. The van der Waals surface area contributed by atoms with E-state index in [0.717, 1.165) is 43.4 Å². The minimum atomic E-state index is -0.109. The zero-order valence-electron chi connectivity index (χ0n) is 21.2. The third-order valence-electron chi connectivity index (χ3n) is 5.76. The molecule has 3 atom stereocenters. The van der Waals surface area contributed by atoms with E-state index in [1.54, 1.807) is 0 Å². The Bertz CT molecular complexity index is 834. The number of benzene rings is 1. The second kappa shape index (κ2) is 13.8. The van der Waals surface area contributed by atoms with Crippen molar-refractivity contribution >= 4 is 5.91 Å². The van der Waals surface area contributed by atoms with Gasteiger partial charge in [0, 0.05) is 17.3 Å². The Balaban J connectivity index is 2.97. The van der Waals surface area contributed by atoms with Crippen LogP contribution >= 0.6 is 0 Å². The molecule has 2 N–H and O–H groups in total. The van der Waals surface area contributed by atoms with Gasteiger partial charge in [0.05, 0.1) is 6.04 Å². The highest BCUT2D eigenvalue weighted by Gasteiger charge is 2.18. The van der Waals surface area contributed by atoms with E-state index < -0.39 is 0 Å². The first-order valence-corrected chi connectivity index (χ1v) is 12.0. The van der Waals surface area contributed by atoms with Crippen LogP contribution in [-0.4, -0.2) is 5.91 Å². The highest BCUT2D eigenvalue weighted by molar-refractivity contribution is 5.95. The molecule has 0 aliphatic carbocycles.